The predicted octanol–water partition coefficient (Wildman–Crippen LogP) is 3.25. The van der Waals surface area contributed by atoms with E-state index in [-0.39, 0.29) is 22.4 Å². The third kappa shape index (κ3) is 4.85. The number of hydrogen-bond acceptors (Lipinski definition) is 4. The highest BCUT2D eigenvalue weighted by Gasteiger charge is 2.30. The average Bonchev–Trinajstić information content (AvgIpc) is 2.64. The molecule has 0 aromatic heterocycles. The molecule has 6 nitrogen and oxygen atoms in total. The molecule has 9 heteroatoms. The number of aryl methyl sites for hydroxylation is 1. The Morgan fingerprint density at radius 3 is 2.36 bits per heavy atom. The predicted molar refractivity (Wildman–Crippen MR) is 111 cm³/mol. The third-order valence-corrected chi connectivity index (χ3v) is 7.26. The van der Waals surface area contributed by atoms with Gasteiger partial charge < -0.3 is 5.32 Å². The molecule has 1 aliphatic heterocycles. The Labute approximate surface area is 175 Å². The second-order valence-electron chi connectivity index (χ2n) is 6.64. The molecular weight excluding hydrogens is 421 g/mol. The van der Waals surface area contributed by atoms with Crippen LogP contribution in [-0.2, 0) is 14.8 Å². The second-order valence-corrected chi connectivity index (χ2v) is 9.36. The number of amides is 1. The molecule has 0 radical (unpaired) electrons. The van der Waals surface area contributed by atoms with Crippen LogP contribution >= 0.6 is 23.2 Å². The molecule has 0 atom stereocenters. The smallest absolute Gasteiger partial charge is 0.244 e. The van der Waals surface area contributed by atoms with Gasteiger partial charge >= 0.3 is 0 Å². The summed E-state index contributed by atoms with van der Waals surface area (Å²) in [6, 6.07) is 11.9. The van der Waals surface area contributed by atoms with Gasteiger partial charge in [0.2, 0.25) is 15.9 Å². The van der Waals surface area contributed by atoms with Crippen LogP contribution in [0.3, 0.4) is 0 Å². The molecular formula is C19H21Cl2N3O3S. The number of benzene rings is 2. The van der Waals surface area contributed by atoms with Gasteiger partial charge in [0.25, 0.3) is 0 Å². The van der Waals surface area contributed by atoms with Crippen molar-refractivity contribution in [3.05, 3.63) is 58.1 Å². The maximum Gasteiger partial charge on any atom is 0.244 e. The van der Waals surface area contributed by atoms with Crippen molar-refractivity contribution >= 4 is 44.8 Å². The third-order valence-electron chi connectivity index (χ3n) is 4.55. The molecule has 28 heavy (non-hydrogen) atoms. The zero-order chi connectivity index (χ0) is 20.3. The van der Waals surface area contributed by atoms with Crippen molar-refractivity contribution in [1.82, 2.24) is 9.21 Å². The fourth-order valence-corrected chi connectivity index (χ4v) is 5.22. The van der Waals surface area contributed by atoms with Gasteiger partial charge in [-0.05, 0) is 36.8 Å². The number of rotatable bonds is 5. The molecule has 3 rings (SSSR count). The van der Waals surface area contributed by atoms with E-state index in [1.165, 1.54) is 10.4 Å². The number of sulfonamides is 1. The Morgan fingerprint density at radius 2 is 1.71 bits per heavy atom. The summed E-state index contributed by atoms with van der Waals surface area (Å²) in [4.78, 5) is 14.3. The summed E-state index contributed by atoms with van der Waals surface area (Å²) in [7, 11) is -3.66. The Kier molecular flexibility index (Phi) is 6.62. The van der Waals surface area contributed by atoms with Crippen molar-refractivity contribution in [1.29, 1.82) is 0 Å². The van der Waals surface area contributed by atoms with E-state index in [1.54, 1.807) is 36.4 Å². The van der Waals surface area contributed by atoms with Gasteiger partial charge in [-0.1, -0.05) is 41.4 Å². The number of anilines is 1. The standard InChI is InChI=1S/C19H21Cl2N3O3S/c1-14-6-7-18(16(21)12-14)28(26,27)24-10-8-23(9-11-24)13-19(25)22-17-5-3-2-4-15(17)20/h2-7,12H,8-11,13H2,1H3,(H,22,25). The maximum atomic E-state index is 12.9. The zero-order valence-electron chi connectivity index (χ0n) is 15.4. The lowest BCUT2D eigenvalue weighted by Gasteiger charge is -2.33. The fraction of sp³-hybridized carbons (Fsp3) is 0.316. The Balaban J connectivity index is 1.58. The van der Waals surface area contributed by atoms with Crippen molar-refractivity contribution in [3.8, 4) is 0 Å². The fourth-order valence-electron chi connectivity index (χ4n) is 3.04. The van der Waals surface area contributed by atoms with Gasteiger partial charge in [0, 0.05) is 26.2 Å². The maximum absolute atomic E-state index is 12.9. The summed E-state index contributed by atoms with van der Waals surface area (Å²) in [5.74, 6) is -0.189. The SMILES string of the molecule is Cc1ccc(S(=O)(=O)N2CCN(CC(=O)Nc3ccccc3Cl)CC2)c(Cl)c1. The summed E-state index contributed by atoms with van der Waals surface area (Å²) in [6.07, 6.45) is 0. The molecule has 0 saturated carbocycles. The number of carbonyl (C=O) groups excluding carboxylic acids is 1. The average molecular weight is 442 g/mol. The lowest BCUT2D eigenvalue weighted by Crippen LogP contribution is -2.50. The van der Waals surface area contributed by atoms with Gasteiger partial charge in [0.05, 0.1) is 22.3 Å². The molecule has 150 valence electrons. The number of halogens is 2. The summed E-state index contributed by atoms with van der Waals surface area (Å²) in [5.41, 5.74) is 1.46. The highest BCUT2D eigenvalue weighted by atomic mass is 35.5. The number of piperazine rings is 1. The minimum atomic E-state index is -3.66. The normalized spacial score (nSPS) is 16.1. The van der Waals surface area contributed by atoms with Crippen LogP contribution in [0, 0.1) is 6.92 Å². The van der Waals surface area contributed by atoms with Crippen molar-refractivity contribution in [2.24, 2.45) is 0 Å². The van der Waals surface area contributed by atoms with E-state index >= 15 is 0 Å². The minimum absolute atomic E-state index is 0.115. The van der Waals surface area contributed by atoms with Crippen LogP contribution in [0.15, 0.2) is 47.4 Å². The molecule has 1 amide bonds. The van der Waals surface area contributed by atoms with E-state index in [9.17, 15) is 13.2 Å². The van der Waals surface area contributed by atoms with Gasteiger partial charge in [-0.25, -0.2) is 8.42 Å². The molecule has 1 N–H and O–H groups in total. The molecule has 2 aromatic carbocycles. The number of nitrogens with one attached hydrogen (secondary N) is 1. The monoisotopic (exact) mass is 441 g/mol. The molecule has 1 saturated heterocycles. The number of carbonyl (C=O) groups is 1. The van der Waals surface area contributed by atoms with Crippen LogP contribution in [-0.4, -0.2) is 56.3 Å². The van der Waals surface area contributed by atoms with Gasteiger partial charge in [0.15, 0.2) is 0 Å². The molecule has 2 aromatic rings. The summed E-state index contributed by atoms with van der Waals surface area (Å²) < 4.78 is 27.1. The van der Waals surface area contributed by atoms with Crippen molar-refractivity contribution in [3.63, 3.8) is 0 Å². The Hall–Kier alpha value is -1.64. The van der Waals surface area contributed by atoms with Gasteiger partial charge in [-0.2, -0.15) is 4.31 Å². The zero-order valence-corrected chi connectivity index (χ0v) is 17.7. The van der Waals surface area contributed by atoms with E-state index in [0.717, 1.165) is 5.56 Å². The first-order valence-electron chi connectivity index (χ1n) is 8.80. The van der Waals surface area contributed by atoms with Crippen molar-refractivity contribution in [2.45, 2.75) is 11.8 Å². The van der Waals surface area contributed by atoms with Gasteiger partial charge in [-0.15, -0.1) is 0 Å². The van der Waals surface area contributed by atoms with E-state index in [1.807, 2.05) is 11.8 Å². The molecule has 1 heterocycles. The van der Waals surface area contributed by atoms with Crippen molar-refractivity contribution < 1.29 is 13.2 Å². The Morgan fingerprint density at radius 1 is 1.04 bits per heavy atom. The lowest BCUT2D eigenvalue weighted by atomic mass is 10.2. The Bertz CT molecular complexity index is 974. The van der Waals surface area contributed by atoms with Crippen LogP contribution in [0.5, 0.6) is 0 Å². The first-order valence-corrected chi connectivity index (χ1v) is 11.0. The number of hydrogen-bond donors (Lipinski definition) is 1. The first kappa shape index (κ1) is 21.1. The van der Waals surface area contributed by atoms with E-state index < -0.39 is 10.0 Å². The largest absolute Gasteiger partial charge is 0.324 e. The number of para-hydroxylation sites is 1. The molecule has 1 aliphatic rings. The topological polar surface area (TPSA) is 69.7 Å². The quantitative estimate of drug-likeness (QED) is 0.772. The van der Waals surface area contributed by atoms with Crippen LogP contribution in [0.2, 0.25) is 10.0 Å². The summed E-state index contributed by atoms with van der Waals surface area (Å²) in [5, 5.41) is 3.47. The second kappa shape index (κ2) is 8.80. The molecule has 0 bridgehead atoms. The first-order chi connectivity index (χ1) is 13.3. The summed E-state index contributed by atoms with van der Waals surface area (Å²) >= 11 is 12.2. The highest BCUT2D eigenvalue weighted by Crippen LogP contribution is 2.26. The van der Waals surface area contributed by atoms with Crippen LogP contribution in [0.25, 0.3) is 0 Å². The van der Waals surface area contributed by atoms with Crippen LogP contribution < -0.4 is 5.32 Å². The van der Waals surface area contributed by atoms with E-state index in [2.05, 4.69) is 5.32 Å². The highest BCUT2D eigenvalue weighted by molar-refractivity contribution is 7.89. The van der Waals surface area contributed by atoms with Crippen LogP contribution in [0.4, 0.5) is 5.69 Å². The minimum Gasteiger partial charge on any atom is -0.324 e. The van der Waals surface area contributed by atoms with Gasteiger partial charge in [-0.3, -0.25) is 9.69 Å². The van der Waals surface area contributed by atoms with Gasteiger partial charge in [0.1, 0.15) is 4.90 Å². The number of nitrogens with zero attached hydrogens (tertiary/aromatic N) is 2. The lowest BCUT2D eigenvalue weighted by molar-refractivity contribution is -0.117. The summed E-state index contributed by atoms with van der Waals surface area (Å²) in [6.45, 7) is 3.54. The van der Waals surface area contributed by atoms with Crippen LogP contribution in [0.1, 0.15) is 5.56 Å². The molecule has 0 spiro atoms. The van der Waals surface area contributed by atoms with E-state index in [4.69, 9.17) is 23.2 Å². The molecule has 0 aliphatic carbocycles. The molecule has 0 unspecified atom stereocenters. The van der Waals surface area contributed by atoms with E-state index in [0.29, 0.717) is 36.9 Å². The van der Waals surface area contributed by atoms with Crippen molar-refractivity contribution in [2.75, 3.05) is 38.0 Å². The molecule has 1 fully saturated rings.